The summed E-state index contributed by atoms with van der Waals surface area (Å²) in [6.07, 6.45) is 1.47. The number of carbonyl (C=O) groups is 1. The maximum Gasteiger partial charge on any atom is 1.00 e. The van der Waals surface area contributed by atoms with Crippen LogP contribution < -0.4 is 34.7 Å². The van der Waals surface area contributed by atoms with Gasteiger partial charge in [-0.3, -0.25) is 0 Å². The van der Waals surface area contributed by atoms with Gasteiger partial charge in [-0.25, -0.2) is 0 Å². The van der Waals surface area contributed by atoms with Gasteiger partial charge in [-0.05, 0) is 38.2 Å². The van der Waals surface area contributed by atoms with E-state index in [4.69, 9.17) is 4.74 Å². The molecule has 8 heteroatoms. The first kappa shape index (κ1) is 25.4. The Labute approximate surface area is 186 Å². The van der Waals surface area contributed by atoms with E-state index in [1.54, 1.807) is 6.08 Å². The van der Waals surface area contributed by atoms with Crippen molar-refractivity contribution in [2.75, 3.05) is 0 Å². The quantitative estimate of drug-likeness (QED) is 0.298. The standard InChI is InChI=1S/C20H28F2O5.Na/c1-2-3-4-7-13(23)10-11-15-16-12-14(8-5-6-9-17(24)25)27-19(16)20(21,22)18(15)26;/h8,13,15-16,18-19,23,26H,2-7,9,12H2,1H3,(H,24,25);/q;+1/p-1/b14-8+;/t13-,15?,16?,18?,19?;/m0./s1. The van der Waals surface area contributed by atoms with Crippen LogP contribution in [0.2, 0.25) is 0 Å². The van der Waals surface area contributed by atoms with Gasteiger partial charge in [-0.1, -0.05) is 31.6 Å². The molecule has 1 aliphatic heterocycles. The van der Waals surface area contributed by atoms with Gasteiger partial charge in [0.15, 0.2) is 6.10 Å². The molecule has 2 aliphatic rings. The molecule has 0 aromatic rings. The first-order chi connectivity index (χ1) is 12.8. The van der Waals surface area contributed by atoms with E-state index in [1.165, 1.54) is 0 Å². The molecule has 1 aliphatic carbocycles. The third-order valence-electron chi connectivity index (χ3n) is 5.13. The van der Waals surface area contributed by atoms with Crippen molar-refractivity contribution in [2.45, 2.75) is 82.5 Å². The summed E-state index contributed by atoms with van der Waals surface area (Å²) in [7, 11) is 0. The molecule has 2 rings (SSSR count). The third-order valence-corrected chi connectivity index (χ3v) is 5.13. The minimum Gasteiger partial charge on any atom is -0.550 e. The maximum atomic E-state index is 14.4. The van der Waals surface area contributed by atoms with Crippen LogP contribution in [0.15, 0.2) is 11.8 Å². The van der Waals surface area contributed by atoms with E-state index in [0.29, 0.717) is 25.0 Å². The summed E-state index contributed by atoms with van der Waals surface area (Å²) in [4.78, 5) is 10.4. The normalized spacial score (nSPS) is 30.0. The number of aliphatic hydroxyl groups is 2. The second-order valence-corrected chi connectivity index (χ2v) is 7.29. The van der Waals surface area contributed by atoms with E-state index in [0.717, 1.165) is 19.3 Å². The molecule has 152 valence electrons. The Balaban J connectivity index is 0.00000392. The molecule has 1 saturated carbocycles. The number of rotatable bonds is 8. The molecular weight excluding hydrogens is 381 g/mol. The number of fused-ring (bicyclic) bond motifs is 1. The van der Waals surface area contributed by atoms with Gasteiger partial charge in [0, 0.05) is 18.3 Å². The molecule has 4 unspecified atom stereocenters. The second-order valence-electron chi connectivity index (χ2n) is 7.29. The average Bonchev–Trinajstić information content (AvgIpc) is 3.09. The molecular formula is C20H27F2NaO5. The van der Waals surface area contributed by atoms with Gasteiger partial charge in [0.25, 0.3) is 0 Å². The molecule has 0 bridgehead atoms. The summed E-state index contributed by atoms with van der Waals surface area (Å²) >= 11 is 0. The molecule has 28 heavy (non-hydrogen) atoms. The van der Waals surface area contributed by atoms with Crippen LogP contribution in [0.1, 0.15) is 58.3 Å². The number of unbranched alkanes of at least 4 members (excludes halogenated alkanes) is 3. The monoisotopic (exact) mass is 408 g/mol. The SMILES string of the molecule is CCCCC[C@H](O)C#CC1C2C/C(=C\CCCC(=O)[O-])OC2C(F)(F)C1O.[Na+]. The van der Waals surface area contributed by atoms with Crippen molar-refractivity contribution in [3.8, 4) is 11.8 Å². The fourth-order valence-corrected chi connectivity index (χ4v) is 3.64. The van der Waals surface area contributed by atoms with E-state index >= 15 is 0 Å². The molecule has 1 saturated heterocycles. The predicted molar refractivity (Wildman–Crippen MR) is 92.3 cm³/mol. The van der Waals surface area contributed by atoms with Gasteiger partial charge in [0.1, 0.15) is 12.2 Å². The van der Waals surface area contributed by atoms with Crippen molar-refractivity contribution in [3.05, 3.63) is 11.8 Å². The van der Waals surface area contributed by atoms with Gasteiger partial charge in [0.05, 0.1) is 11.7 Å². The Hall–Kier alpha value is -0.650. The zero-order valence-electron chi connectivity index (χ0n) is 16.5. The summed E-state index contributed by atoms with van der Waals surface area (Å²) in [6.45, 7) is 2.04. The Kier molecular flexibility index (Phi) is 10.4. The molecule has 2 fully saturated rings. The fourth-order valence-electron chi connectivity index (χ4n) is 3.64. The van der Waals surface area contributed by atoms with Crippen LogP contribution in [0.5, 0.6) is 0 Å². The largest absolute Gasteiger partial charge is 1.00 e. The Bertz CT molecular complexity index is 613. The number of hydrogen-bond donors (Lipinski definition) is 2. The Morgan fingerprint density at radius 2 is 2.14 bits per heavy atom. The van der Waals surface area contributed by atoms with Crippen molar-refractivity contribution in [2.24, 2.45) is 11.8 Å². The number of alkyl halides is 2. The number of carboxylic acid groups (broad SMARTS) is 1. The van der Waals surface area contributed by atoms with Crippen LogP contribution >= 0.6 is 0 Å². The minimum absolute atomic E-state index is 0. The molecule has 1 heterocycles. The van der Waals surface area contributed by atoms with Crippen LogP contribution in [0.25, 0.3) is 0 Å². The van der Waals surface area contributed by atoms with Crippen molar-refractivity contribution in [1.29, 1.82) is 0 Å². The van der Waals surface area contributed by atoms with Crippen LogP contribution in [0.4, 0.5) is 8.78 Å². The van der Waals surface area contributed by atoms with Crippen molar-refractivity contribution < 1.29 is 63.2 Å². The predicted octanol–water partition coefficient (Wildman–Crippen LogP) is -1.23. The smallest absolute Gasteiger partial charge is 0.550 e. The summed E-state index contributed by atoms with van der Waals surface area (Å²) in [5, 5.41) is 30.3. The van der Waals surface area contributed by atoms with Gasteiger partial charge in [-0.2, -0.15) is 8.78 Å². The van der Waals surface area contributed by atoms with E-state index in [1.807, 2.05) is 6.92 Å². The van der Waals surface area contributed by atoms with Crippen LogP contribution in [0, 0.1) is 23.7 Å². The molecule has 0 aromatic carbocycles. The van der Waals surface area contributed by atoms with E-state index in [9.17, 15) is 28.9 Å². The number of carboxylic acids is 1. The summed E-state index contributed by atoms with van der Waals surface area (Å²) in [5.74, 6) is -0.545. The third kappa shape index (κ3) is 6.43. The molecule has 0 amide bonds. The van der Waals surface area contributed by atoms with Gasteiger partial charge < -0.3 is 24.9 Å². The maximum absolute atomic E-state index is 14.4. The van der Waals surface area contributed by atoms with Crippen molar-refractivity contribution in [3.63, 3.8) is 0 Å². The second kappa shape index (κ2) is 11.5. The zero-order chi connectivity index (χ0) is 20.0. The fraction of sp³-hybridized carbons (Fsp3) is 0.750. The van der Waals surface area contributed by atoms with Crippen LogP contribution in [-0.4, -0.2) is 40.4 Å². The molecule has 5 atom stereocenters. The number of halogens is 2. The molecule has 2 N–H and O–H groups in total. The molecule has 0 aromatic heterocycles. The van der Waals surface area contributed by atoms with Crippen LogP contribution in [-0.2, 0) is 9.53 Å². The molecule has 0 spiro atoms. The Morgan fingerprint density at radius 3 is 2.79 bits per heavy atom. The number of aliphatic carboxylic acids is 1. The number of allylic oxidation sites excluding steroid dienone is 2. The van der Waals surface area contributed by atoms with Crippen LogP contribution in [0.3, 0.4) is 0 Å². The zero-order valence-corrected chi connectivity index (χ0v) is 18.5. The molecule has 5 nitrogen and oxygen atoms in total. The number of carbonyl (C=O) groups excluding carboxylic acids is 1. The molecule has 0 radical (unpaired) electrons. The van der Waals surface area contributed by atoms with Crippen molar-refractivity contribution >= 4 is 5.97 Å². The summed E-state index contributed by atoms with van der Waals surface area (Å²) in [6, 6.07) is 0. The van der Waals surface area contributed by atoms with Crippen molar-refractivity contribution in [1.82, 2.24) is 0 Å². The summed E-state index contributed by atoms with van der Waals surface area (Å²) < 4.78 is 34.1. The van der Waals surface area contributed by atoms with E-state index in [-0.39, 0.29) is 42.4 Å². The van der Waals surface area contributed by atoms with Gasteiger partial charge >= 0.3 is 35.5 Å². The number of ether oxygens (including phenoxy) is 1. The number of hydrogen-bond acceptors (Lipinski definition) is 5. The first-order valence-corrected chi connectivity index (χ1v) is 9.57. The Morgan fingerprint density at radius 1 is 1.43 bits per heavy atom. The minimum atomic E-state index is -3.42. The average molecular weight is 408 g/mol. The summed E-state index contributed by atoms with van der Waals surface area (Å²) in [5.41, 5.74) is 0. The first-order valence-electron chi connectivity index (χ1n) is 9.57. The van der Waals surface area contributed by atoms with Gasteiger partial charge in [0.2, 0.25) is 0 Å². The van der Waals surface area contributed by atoms with E-state index in [2.05, 4.69) is 11.8 Å². The number of aliphatic hydroxyl groups excluding tert-OH is 2. The van der Waals surface area contributed by atoms with E-state index < -0.39 is 42.0 Å². The van der Waals surface area contributed by atoms with Gasteiger partial charge in [-0.15, -0.1) is 0 Å². The topological polar surface area (TPSA) is 89.8 Å².